The second-order valence-electron chi connectivity index (χ2n) is 4.01. The molecular weight excluding hydrogens is 166 g/mol. The minimum Gasteiger partial charge on any atom is -0.392 e. The van der Waals surface area contributed by atoms with Crippen molar-refractivity contribution in [2.45, 2.75) is 39.2 Å². The third kappa shape index (κ3) is 2.99. The molecule has 0 aromatic carbocycles. The molecule has 1 heterocycles. The molecule has 0 saturated carbocycles. The Morgan fingerprint density at radius 1 is 1.69 bits per heavy atom. The summed E-state index contributed by atoms with van der Waals surface area (Å²) in [6.45, 7) is 5.21. The summed E-state index contributed by atoms with van der Waals surface area (Å²) in [6, 6.07) is 0. The van der Waals surface area contributed by atoms with Gasteiger partial charge in [-0.15, -0.1) is 0 Å². The Morgan fingerprint density at radius 3 is 2.92 bits per heavy atom. The lowest BCUT2D eigenvalue weighted by molar-refractivity contribution is -0.128. The zero-order valence-electron chi connectivity index (χ0n) is 8.49. The van der Waals surface area contributed by atoms with Crippen LogP contribution in [0.1, 0.15) is 33.1 Å². The van der Waals surface area contributed by atoms with Gasteiger partial charge in [0.15, 0.2) is 0 Å². The van der Waals surface area contributed by atoms with Gasteiger partial charge in [-0.05, 0) is 19.3 Å². The molecule has 3 heteroatoms. The molecule has 13 heavy (non-hydrogen) atoms. The number of amides is 1. The summed E-state index contributed by atoms with van der Waals surface area (Å²) in [7, 11) is 0. The second kappa shape index (κ2) is 4.61. The lowest BCUT2D eigenvalue weighted by Gasteiger charge is -2.17. The Balaban J connectivity index is 2.37. The highest BCUT2D eigenvalue weighted by Gasteiger charge is 2.28. The third-order valence-electron chi connectivity index (χ3n) is 2.48. The summed E-state index contributed by atoms with van der Waals surface area (Å²) < 4.78 is 0. The van der Waals surface area contributed by atoms with Crippen molar-refractivity contribution in [3.8, 4) is 0 Å². The minimum atomic E-state index is -0.399. The fourth-order valence-electron chi connectivity index (χ4n) is 1.95. The van der Waals surface area contributed by atoms with E-state index in [4.69, 9.17) is 5.11 Å². The summed E-state index contributed by atoms with van der Waals surface area (Å²) in [6.07, 6.45) is 2.55. The molecule has 1 saturated heterocycles. The molecular formula is C10H19NO2. The Morgan fingerprint density at radius 2 is 2.38 bits per heavy atom. The largest absolute Gasteiger partial charge is 0.392 e. The number of hydrogen-bond donors (Lipinski definition) is 1. The van der Waals surface area contributed by atoms with Crippen molar-refractivity contribution in [1.29, 1.82) is 0 Å². The van der Waals surface area contributed by atoms with E-state index >= 15 is 0 Å². The summed E-state index contributed by atoms with van der Waals surface area (Å²) in [4.78, 5) is 13.2. The maximum Gasteiger partial charge on any atom is 0.223 e. The molecule has 0 radical (unpaired) electrons. The maximum atomic E-state index is 11.4. The van der Waals surface area contributed by atoms with Crippen LogP contribution in [0.3, 0.4) is 0 Å². The highest BCUT2D eigenvalue weighted by atomic mass is 16.3. The van der Waals surface area contributed by atoms with Crippen LogP contribution >= 0.6 is 0 Å². The number of hydrogen-bond acceptors (Lipinski definition) is 2. The Kier molecular flexibility index (Phi) is 3.72. The number of β-amino-alcohol motifs (C(OH)–C–C–N with tert-alkyl or cyclic N) is 1. The van der Waals surface area contributed by atoms with Crippen molar-refractivity contribution in [2.75, 3.05) is 13.1 Å². The maximum absolute atomic E-state index is 11.4. The molecule has 1 unspecified atom stereocenters. The first-order chi connectivity index (χ1) is 6.13. The van der Waals surface area contributed by atoms with Gasteiger partial charge in [-0.25, -0.2) is 0 Å². The molecule has 0 bridgehead atoms. The van der Waals surface area contributed by atoms with E-state index < -0.39 is 6.10 Å². The molecule has 1 N–H and O–H groups in total. The van der Waals surface area contributed by atoms with Crippen molar-refractivity contribution in [1.82, 2.24) is 4.90 Å². The van der Waals surface area contributed by atoms with Gasteiger partial charge >= 0.3 is 0 Å². The van der Waals surface area contributed by atoms with E-state index in [1.54, 1.807) is 11.8 Å². The van der Waals surface area contributed by atoms with Crippen LogP contribution < -0.4 is 0 Å². The Labute approximate surface area is 79.7 Å². The molecule has 76 valence electrons. The normalized spacial score (nSPS) is 25.3. The summed E-state index contributed by atoms with van der Waals surface area (Å²) >= 11 is 0. The number of aliphatic hydroxyl groups is 1. The van der Waals surface area contributed by atoms with Crippen LogP contribution in [0.4, 0.5) is 0 Å². The first-order valence-electron chi connectivity index (χ1n) is 5.09. The summed E-state index contributed by atoms with van der Waals surface area (Å²) in [5.74, 6) is 0.732. The molecule has 1 amide bonds. The van der Waals surface area contributed by atoms with Gasteiger partial charge in [-0.2, -0.15) is 0 Å². The van der Waals surface area contributed by atoms with Gasteiger partial charge in [-0.3, -0.25) is 4.79 Å². The fourth-order valence-corrected chi connectivity index (χ4v) is 1.95. The van der Waals surface area contributed by atoms with Crippen LogP contribution in [0, 0.1) is 5.92 Å². The molecule has 2 atom stereocenters. The van der Waals surface area contributed by atoms with Crippen molar-refractivity contribution in [3.63, 3.8) is 0 Å². The first-order valence-corrected chi connectivity index (χ1v) is 5.09. The zero-order valence-corrected chi connectivity index (χ0v) is 8.49. The van der Waals surface area contributed by atoms with Crippen LogP contribution in [0.5, 0.6) is 0 Å². The lowest BCUT2D eigenvalue weighted by Crippen LogP contribution is -2.32. The van der Waals surface area contributed by atoms with E-state index in [1.165, 1.54) is 0 Å². The van der Waals surface area contributed by atoms with Crippen LogP contribution in [0.15, 0.2) is 0 Å². The molecule has 0 aromatic heterocycles. The van der Waals surface area contributed by atoms with Crippen molar-refractivity contribution >= 4 is 5.91 Å². The van der Waals surface area contributed by atoms with Gasteiger partial charge in [0.1, 0.15) is 0 Å². The molecule has 0 aliphatic carbocycles. The number of likely N-dealkylation sites (tertiary alicyclic amines) is 1. The van der Waals surface area contributed by atoms with Crippen LogP contribution in [-0.4, -0.2) is 35.1 Å². The zero-order chi connectivity index (χ0) is 9.84. The van der Waals surface area contributed by atoms with Gasteiger partial charge in [0.2, 0.25) is 5.91 Å². The summed E-state index contributed by atoms with van der Waals surface area (Å²) in [5.41, 5.74) is 0. The molecule has 0 spiro atoms. The Hall–Kier alpha value is -0.570. The number of aliphatic hydroxyl groups excluding tert-OH is 1. The SMILES string of the molecule is CCCC1CC(=O)N(C[C@H](C)O)C1. The van der Waals surface area contributed by atoms with Crippen molar-refractivity contribution in [2.24, 2.45) is 5.92 Å². The number of carbonyl (C=O) groups is 1. The van der Waals surface area contributed by atoms with Gasteiger partial charge in [-0.1, -0.05) is 13.3 Å². The van der Waals surface area contributed by atoms with Crippen LogP contribution in [0.2, 0.25) is 0 Å². The quantitative estimate of drug-likeness (QED) is 0.710. The van der Waals surface area contributed by atoms with Crippen LogP contribution in [-0.2, 0) is 4.79 Å². The van der Waals surface area contributed by atoms with Gasteiger partial charge in [0.25, 0.3) is 0 Å². The average molecular weight is 185 g/mol. The topological polar surface area (TPSA) is 40.5 Å². The molecule has 1 fully saturated rings. The lowest BCUT2D eigenvalue weighted by atomic mass is 10.0. The molecule has 1 rings (SSSR count). The van der Waals surface area contributed by atoms with E-state index in [0.29, 0.717) is 18.9 Å². The number of nitrogens with zero attached hydrogens (tertiary/aromatic N) is 1. The predicted molar refractivity (Wildman–Crippen MR) is 51.3 cm³/mol. The van der Waals surface area contributed by atoms with Gasteiger partial charge in [0.05, 0.1) is 6.10 Å². The molecule has 1 aliphatic rings. The van der Waals surface area contributed by atoms with E-state index in [1.807, 2.05) is 0 Å². The standard InChI is InChI=1S/C10H19NO2/c1-3-4-9-5-10(13)11(7-9)6-8(2)12/h8-9,12H,3-7H2,1-2H3/t8-,9?/m0/s1. The Bertz CT molecular complexity index is 180. The monoisotopic (exact) mass is 185 g/mol. The minimum absolute atomic E-state index is 0.208. The predicted octanol–water partition coefficient (Wildman–Crippen LogP) is 1.02. The summed E-state index contributed by atoms with van der Waals surface area (Å²) in [5, 5.41) is 9.15. The smallest absolute Gasteiger partial charge is 0.223 e. The highest BCUT2D eigenvalue weighted by Crippen LogP contribution is 2.21. The van der Waals surface area contributed by atoms with E-state index in [2.05, 4.69) is 6.92 Å². The molecule has 1 aliphatic heterocycles. The van der Waals surface area contributed by atoms with Gasteiger partial charge < -0.3 is 10.0 Å². The van der Waals surface area contributed by atoms with E-state index in [-0.39, 0.29) is 5.91 Å². The number of rotatable bonds is 4. The van der Waals surface area contributed by atoms with E-state index in [0.717, 1.165) is 19.4 Å². The number of carbonyl (C=O) groups excluding carboxylic acids is 1. The van der Waals surface area contributed by atoms with Crippen LogP contribution in [0.25, 0.3) is 0 Å². The third-order valence-corrected chi connectivity index (χ3v) is 2.48. The second-order valence-corrected chi connectivity index (χ2v) is 4.01. The van der Waals surface area contributed by atoms with Crippen molar-refractivity contribution < 1.29 is 9.90 Å². The average Bonchev–Trinajstić information content (AvgIpc) is 2.31. The fraction of sp³-hybridized carbons (Fsp3) is 0.900. The van der Waals surface area contributed by atoms with Crippen molar-refractivity contribution in [3.05, 3.63) is 0 Å². The van der Waals surface area contributed by atoms with Gasteiger partial charge in [0, 0.05) is 19.5 Å². The first kappa shape index (κ1) is 10.5. The molecule has 3 nitrogen and oxygen atoms in total. The highest BCUT2D eigenvalue weighted by molar-refractivity contribution is 5.78. The van der Waals surface area contributed by atoms with E-state index in [9.17, 15) is 4.79 Å². The molecule has 0 aromatic rings.